The number of aromatic nitrogens is 1. The molecule has 0 aliphatic rings. The van der Waals surface area contributed by atoms with E-state index in [-0.39, 0.29) is 5.25 Å². The lowest BCUT2D eigenvalue weighted by atomic mass is 10.2. The predicted octanol–water partition coefficient (Wildman–Crippen LogP) is 0.720. The zero-order valence-corrected chi connectivity index (χ0v) is 9.17. The van der Waals surface area contributed by atoms with Gasteiger partial charge in [0, 0.05) is 40.7 Å². The van der Waals surface area contributed by atoms with Crippen molar-refractivity contribution in [3.63, 3.8) is 0 Å². The Morgan fingerprint density at radius 1 is 1.64 bits per heavy atom. The average Bonchev–Trinajstić information content (AvgIpc) is 2.26. The molecular formula is C10H16N2OS. The Hall–Kier alpha value is -0.740. The van der Waals surface area contributed by atoms with Crippen LogP contribution in [0.1, 0.15) is 12.5 Å². The summed E-state index contributed by atoms with van der Waals surface area (Å²) in [5.41, 5.74) is 6.57. The summed E-state index contributed by atoms with van der Waals surface area (Å²) in [6, 6.07) is 3.89. The van der Waals surface area contributed by atoms with Gasteiger partial charge in [0.1, 0.15) is 0 Å². The maximum atomic E-state index is 11.6. The first kappa shape index (κ1) is 11.3. The lowest BCUT2D eigenvalue weighted by Crippen LogP contribution is -2.24. The van der Waals surface area contributed by atoms with Gasteiger partial charge < -0.3 is 5.73 Å². The minimum Gasteiger partial charge on any atom is -0.329 e. The molecule has 1 rings (SSSR count). The van der Waals surface area contributed by atoms with E-state index in [2.05, 4.69) is 4.98 Å². The van der Waals surface area contributed by atoms with Crippen LogP contribution in [0, 0.1) is 0 Å². The quantitative estimate of drug-likeness (QED) is 0.782. The van der Waals surface area contributed by atoms with Crippen molar-refractivity contribution in [2.45, 2.75) is 18.6 Å². The fourth-order valence-corrected chi connectivity index (χ4v) is 2.13. The summed E-state index contributed by atoms with van der Waals surface area (Å²) in [6.45, 7) is 2.40. The van der Waals surface area contributed by atoms with E-state index in [1.807, 2.05) is 25.3 Å². The average molecular weight is 212 g/mol. The van der Waals surface area contributed by atoms with Crippen LogP contribution in [0.25, 0.3) is 0 Å². The van der Waals surface area contributed by atoms with Gasteiger partial charge in [-0.1, -0.05) is 6.07 Å². The van der Waals surface area contributed by atoms with Crippen LogP contribution in [0.5, 0.6) is 0 Å². The second kappa shape index (κ2) is 5.88. The highest BCUT2D eigenvalue weighted by Crippen LogP contribution is 2.01. The number of aryl methyl sites for hydroxylation is 1. The van der Waals surface area contributed by atoms with Crippen molar-refractivity contribution in [3.8, 4) is 0 Å². The summed E-state index contributed by atoms with van der Waals surface area (Å²) < 4.78 is 11.6. The van der Waals surface area contributed by atoms with Crippen LogP contribution in [0.2, 0.25) is 0 Å². The highest BCUT2D eigenvalue weighted by molar-refractivity contribution is 7.85. The largest absolute Gasteiger partial charge is 0.329 e. The van der Waals surface area contributed by atoms with Crippen molar-refractivity contribution in [2.24, 2.45) is 5.73 Å². The summed E-state index contributed by atoms with van der Waals surface area (Å²) in [5, 5.41) is 0.0895. The van der Waals surface area contributed by atoms with Crippen LogP contribution in [-0.2, 0) is 17.2 Å². The van der Waals surface area contributed by atoms with Crippen LogP contribution in [0.3, 0.4) is 0 Å². The lowest BCUT2D eigenvalue weighted by molar-refractivity contribution is 0.672. The molecule has 78 valence electrons. The maximum absolute atomic E-state index is 11.6. The van der Waals surface area contributed by atoms with Gasteiger partial charge in [-0.3, -0.25) is 9.19 Å². The predicted molar refractivity (Wildman–Crippen MR) is 59.5 cm³/mol. The fourth-order valence-electron chi connectivity index (χ4n) is 1.07. The number of hydrogen-bond donors (Lipinski definition) is 1. The first-order chi connectivity index (χ1) is 6.74. The van der Waals surface area contributed by atoms with Crippen molar-refractivity contribution in [1.82, 2.24) is 4.98 Å². The third-order valence-corrected chi connectivity index (χ3v) is 3.79. The molecule has 0 bridgehead atoms. The Balaban J connectivity index is 2.38. The molecule has 1 heterocycles. The Morgan fingerprint density at radius 2 is 2.43 bits per heavy atom. The van der Waals surface area contributed by atoms with Gasteiger partial charge >= 0.3 is 0 Å². The van der Waals surface area contributed by atoms with E-state index in [0.717, 1.165) is 12.0 Å². The number of nitrogens with zero attached hydrogens (tertiary/aromatic N) is 1. The molecule has 2 unspecified atom stereocenters. The summed E-state index contributed by atoms with van der Waals surface area (Å²) >= 11 is 0. The smallest absolute Gasteiger partial charge is 0.0442 e. The van der Waals surface area contributed by atoms with Crippen molar-refractivity contribution < 1.29 is 4.21 Å². The summed E-state index contributed by atoms with van der Waals surface area (Å²) in [7, 11) is -0.818. The van der Waals surface area contributed by atoms with Gasteiger partial charge in [0.2, 0.25) is 0 Å². The third kappa shape index (κ3) is 3.55. The molecule has 0 aromatic carbocycles. The van der Waals surface area contributed by atoms with Gasteiger partial charge in [-0.15, -0.1) is 0 Å². The van der Waals surface area contributed by atoms with Crippen molar-refractivity contribution >= 4 is 10.8 Å². The minimum atomic E-state index is -0.818. The van der Waals surface area contributed by atoms with Gasteiger partial charge in [-0.25, -0.2) is 0 Å². The normalized spacial score (nSPS) is 15.0. The zero-order chi connectivity index (χ0) is 10.4. The first-order valence-corrected chi connectivity index (χ1v) is 6.08. The molecular weight excluding hydrogens is 196 g/mol. The second-order valence-corrected chi connectivity index (χ2v) is 5.22. The fraction of sp³-hybridized carbons (Fsp3) is 0.500. The molecule has 1 aromatic rings. The summed E-state index contributed by atoms with van der Waals surface area (Å²) in [6.07, 6.45) is 4.36. The van der Waals surface area contributed by atoms with Crippen LogP contribution in [-0.4, -0.2) is 26.7 Å². The molecule has 0 amide bonds. The van der Waals surface area contributed by atoms with Gasteiger partial charge in [0.15, 0.2) is 0 Å². The topological polar surface area (TPSA) is 56.0 Å². The SMILES string of the molecule is CC(CN)S(=O)CCc1cccnc1. The van der Waals surface area contributed by atoms with Crippen molar-refractivity contribution in [1.29, 1.82) is 0 Å². The van der Waals surface area contributed by atoms with Gasteiger partial charge in [0.25, 0.3) is 0 Å². The Morgan fingerprint density at radius 3 is 3.00 bits per heavy atom. The molecule has 2 N–H and O–H groups in total. The molecule has 0 aliphatic carbocycles. The van der Waals surface area contributed by atoms with Gasteiger partial charge in [-0.2, -0.15) is 0 Å². The standard InChI is InChI=1S/C10H16N2OS/c1-9(7-11)14(13)6-4-10-3-2-5-12-8-10/h2-3,5,8-9H,4,6-7,11H2,1H3. The number of rotatable bonds is 5. The highest BCUT2D eigenvalue weighted by atomic mass is 32.2. The molecule has 0 aliphatic heterocycles. The third-order valence-electron chi connectivity index (χ3n) is 2.10. The molecule has 3 nitrogen and oxygen atoms in total. The molecule has 0 spiro atoms. The van der Waals surface area contributed by atoms with E-state index in [0.29, 0.717) is 12.3 Å². The van der Waals surface area contributed by atoms with E-state index in [1.54, 1.807) is 6.20 Å². The molecule has 0 saturated carbocycles. The van der Waals surface area contributed by atoms with Crippen molar-refractivity contribution in [3.05, 3.63) is 30.1 Å². The van der Waals surface area contributed by atoms with Crippen LogP contribution in [0.15, 0.2) is 24.5 Å². The number of nitrogens with two attached hydrogens (primary N) is 1. The van der Waals surface area contributed by atoms with E-state index in [9.17, 15) is 4.21 Å². The summed E-state index contributed by atoms with van der Waals surface area (Å²) in [5.74, 6) is 0.671. The van der Waals surface area contributed by atoms with Crippen LogP contribution >= 0.6 is 0 Å². The van der Waals surface area contributed by atoms with Crippen LogP contribution < -0.4 is 5.73 Å². The van der Waals surface area contributed by atoms with E-state index >= 15 is 0 Å². The molecule has 2 atom stereocenters. The maximum Gasteiger partial charge on any atom is 0.0442 e. The highest BCUT2D eigenvalue weighted by Gasteiger charge is 2.08. The Labute approximate surface area is 87.2 Å². The van der Waals surface area contributed by atoms with E-state index in [4.69, 9.17) is 5.73 Å². The number of pyridine rings is 1. The van der Waals surface area contributed by atoms with Gasteiger partial charge in [0.05, 0.1) is 0 Å². The molecule has 0 fully saturated rings. The van der Waals surface area contributed by atoms with Crippen LogP contribution in [0.4, 0.5) is 0 Å². The van der Waals surface area contributed by atoms with Gasteiger partial charge in [-0.05, 0) is 25.0 Å². The minimum absolute atomic E-state index is 0.0895. The summed E-state index contributed by atoms with van der Waals surface area (Å²) in [4.78, 5) is 4.00. The monoisotopic (exact) mass is 212 g/mol. The molecule has 0 saturated heterocycles. The van der Waals surface area contributed by atoms with Crippen molar-refractivity contribution in [2.75, 3.05) is 12.3 Å². The Bertz CT molecular complexity index is 289. The zero-order valence-electron chi connectivity index (χ0n) is 8.35. The molecule has 14 heavy (non-hydrogen) atoms. The van der Waals surface area contributed by atoms with E-state index < -0.39 is 10.8 Å². The Kier molecular flexibility index (Phi) is 4.76. The van der Waals surface area contributed by atoms with E-state index in [1.165, 1.54) is 0 Å². The lowest BCUT2D eigenvalue weighted by Gasteiger charge is -2.07. The first-order valence-electron chi connectivity index (χ1n) is 4.70. The second-order valence-electron chi connectivity index (χ2n) is 3.24. The molecule has 1 aromatic heterocycles. The molecule has 4 heteroatoms. The molecule has 0 radical (unpaired) electrons. The number of hydrogen-bond acceptors (Lipinski definition) is 3.